The smallest absolute Gasteiger partial charge is 0.281 e. The number of halogens is 1. The molecule has 176 valence electrons. The third-order valence-electron chi connectivity index (χ3n) is 5.81. The van der Waals surface area contributed by atoms with E-state index in [0.717, 1.165) is 21.3 Å². The molecule has 2 aromatic heterocycles. The lowest BCUT2D eigenvalue weighted by Crippen LogP contribution is -2.31. The summed E-state index contributed by atoms with van der Waals surface area (Å²) in [5.74, 6) is -0.298. The largest absolute Gasteiger partial charge is 0.350 e. The first-order valence-electron chi connectivity index (χ1n) is 10.9. The van der Waals surface area contributed by atoms with Crippen molar-refractivity contribution in [1.29, 1.82) is 0 Å². The van der Waals surface area contributed by atoms with Gasteiger partial charge in [-0.2, -0.15) is 0 Å². The summed E-state index contributed by atoms with van der Waals surface area (Å²) < 4.78 is 1.90. The lowest BCUT2D eigenvalue weighted by atomic mass is 10.1. The third-order valence-corrected chi connectivity index (χ3v) is 7.40. The van der Waals surface area contributed by atoms with Crippen molar-refractivity contribution in [2.24, 2.45) is 0 Å². The number of likely N-dealkylation sites (N-methyl/N-ethyl adjacent to an activating group) is 1. The molecule has 1 aliphatic heterocycles. The maximum atomic E-state index is 13.4. The van der Waals surface area contributed by atoms with Gasteiger partial charge in [-0.25, -0.2) is 0 Å². The second-order valence-corrected chi connectivity index (χ2v) is 9.91. The summed E-state index contributed by atoms with van der Waals surface area (Å²) in [6, 6.07) is 18.8. The first-order valence-corrected chi connectivity index (χ1v) is 12.6. The van der Waals surface area contributed by atoms with E-state index in [-0.39, 0.29) is 18.4 Å². The van der Waals surface area contributed by atoms with Crippen LogP contribution in [0.3, 0.4) is 0 Å². The fourth-order valence-corrected chi connectivity index (χ4v) is 5.11. The van der Waals surface area contributed by atoms with Crippen LogP contribution in [0.2, 0.25) is 5.02 Å². The molecule has 2 amide bonds. The molecule has 1 N–H and O–H groups in total. The molecule has 0 bridgehead atoms. The van der Waals surface area contributed by atoms with Gasteiger partial charge in [0.2, 0.25) is 5.91 Å². The number of carbonyl (C=O) groups is 2. The second-order valence-electron chi connectivity index (χ2n) is 8.07. The average molecular weight is 521 g/mol. The van der Waals surface area contributed by atoms with Gasteiger partial charge in [0.15, 0.2) is 5.11 Å². The van der Waals surface area contributed by atoms with Gasteiger partial charge in [-0.05, 0) is 60.1 Å². The summed E-state index contributed by atoms with van der Waals surface area (Å²) in [5.41, 5.74) is 2.86. The predicted molar refractivity (Wildman–Crippen MR) is 145 cm³/mol. The molecule has 1 saturated heterocycles. The first kappa shape index (κ1) is 23.3. The molecule has 0 spiro atoms. The average Bonchev–Trinajstić information content (AvgIpc) is 3.55. The zero-order valence-corrected chi connectivity index (χ0v) is 21.2. The number of nitrogens with zero attached hydrogens (tertiary/aromatic N) is 3. The Labute approximate surface area is 217 Å². The Kier molecular flexibility index (Phi) is 6.42. The molecular weight excluding hydrogens is 500 g/mol. The molecule has 6 nitrogen and oxygen atoms in total. The zero-order valence-electron chi connectivity index (χ0n) is 18.8. The monoisotopic (exact) mass is 520 g/mol. The van der Waals surface area contributed by atoms with Crippen LogP contribution in [0.15, 0.2) is 77.9 Å². The standard InChI is InChI=1S/C26H21ClN4O2S2/c1-29-23(25(33)31(26(29)34)19-10-8-18(27)9-11-19)13-17-15-30(22-7-3-2-6-21(17)22)16-24(32)28-14-20-5-4-12-35-20/h2-13,15H,14,16H2,1H3,(H,28,32)/b23-13-. The molecule has 0 unspecified atom stereocenters. The van der Waals surface area contributed by atoms with E-state index >= 15 is 0 Å². The Hall–Kier alpha value is -3.46. The number of hydrogen-bond acceptors (Lipinski definition) is 4. The number of fused-ring (bicyclic) bond motifs is 1. The van der Waals surface area contributed by atoms with Crippen LogP contribution in [0.25, 0.3) is 17.0 Å². The fraction of sp³-hybridized carbons (Fsp3) is 0.115. The molecule has 35 heavy (non-hydrogen) atoms. The fourth-order valence-electron chi connectivity index (χ4n) is 4.05. The van der Waals surface area contributed by atoms with Crippen molar-refractivity contribution in [1.82, 2.24) is 14.8 Å². The van der Waals surface area contributed by atoms with E-state index in [1.54, 1.807) is 47.5 Å². The number of carbonyl (C=O) groups excluding carboxylic acids is 2. The maximum Gasteiger partial charge on any atom is 0.281 e. The molecule has 9 heteroatoms. The molecular formula is C26H21ClN4O2S2. The summed E-state index contributed by atoms with van der Waals surface area (Å²) in [6.07, 6.45) is 3.73. The summed E-state index contributed by atoms with van der Waals surface area (Å²) in [5, 5.41) is 6.88. The van der Waals surface area contributed by atoms with E-state index in [1.807, 2.05) is 58.6 Å². The third kappa shape index (κ3) is 4.60. The Morgan fingerprint density at radius 1 is 1.11 bits per heavy atom. The van der Waals surface area contributed by atoms with Gasteiger partial charge in [0, 0.05) is 39.6 Å². The van der Waals surface area contributed by atoms with Crippen LogP contribution in [-0.4, -0.2) is 33.4 Å². The van der Waals surface area contributed by atoms with Crippen LogP contribution in [-0.2, 0) is 22.7 Å². The van der Waals surface area contributed by atoms with Crippen LogP contribution in [0.1, 0.15) is 10.4 Å². The highest BCUT2D eigenvalue weighted by Gasteiger charge is 2.37. The number of hydrogen-bond donors (Lipinski definition) is 1. The summed E-state index contributed by atoms with van der Waals surface area (Å²) in [6.45, 7) is 0.679. The summed E-state index contributed by atoms with van der Waals surface area (Å²) >= 11 is 13.2. The van der Waals surface area contributed by atoms with Crippen LogP contribution in [0.4, 0.5) is 5.69 Å². The number of aromatic nitrogens is 1. The lowest BCUT2D eigenvalue weighted by Gasteiger charge is -2.16. The van der Waals surface area contributed by atoms with Crippen molar-refractivity contribution in [2.75, 3.05) is 11.9 Å². The second kappa shape index (κ2) is 9.65. The van der Waals surface area contributed by atoms with E-state index < -0.39 is 0 Å². The molecule has 0 atom stereocenters. The molecule has 0 aliphatic carbocycles. The number of thiophene rings is 1. The van der Waals surface area contributed by atoms with Crippen molar-refractivity contribution in [2.45, 2.75) is 13.1 Å². The highest BCUT2D eigenvalue weighted by Crippen LogP contribution is 2.31. The SMILES string of the molecule is CN1C(=S)N(c2ccc(Cl)cc2)C(=O)/C1=C/c1cn(CC(=O)NCc2cccs2)c2ccccc12. The number of thiocarbonyl (C=S) groups is 1. The summed E-state index contributed by atoms with van der Waals surface area (Å²) in [7, 11) is 1.78. The van der Waals surface area contributed by atoms with Crippen LogP contribution >= 0.6 is 35.2 Å². The van der Waals surface area contributed by atoms with Crippen LogP contribution in [0, 0.1) is 0 Å². The number of para-hydroxylation sites is 1. The maximum absolute atomic E-state index is 13.4. The Morgan fingerprint density at radius 2 is 1.89 bits per heavy atom. The highest BCUT2D eigenvalue weighted by molar-refractivity contribution is 7.80. The molecule has 2 aromatic carbocycles. The van der Waals surface area contributed by atoms with Gasteiger partial charge >= 0.3 is 0 Å². The predicted octanol–water partition coefficient (Wildman–Crippen LogP) is 5.28. The molecule has 1 aliphatic rings. The van der Waals surface area contributed by atoms with Gasteiger partial charge in [-0.15, -0.1) is 11.3 Å². The summed E-state index contributed by atoms with van der Waals surface area (Å²) in [4.78, 5) is 30.3. The van der Waals surface area contributed by atoms with E-state index in [9.17, 15) is 9.59 Å². The van der Waals surface area contributed by atoms with Crippen LogP contribution in [0.5, 0.6) is 0 Å². The minimum atomic E-state index is -0.217. The molecule has 3 heterocycles. The van der Waals surface area contributed by atoms with E-state index in [1.165, 1.54) is 4.90 Å². The van der Waals surface area contributed by atoms with E-state index in [2.05, 4.69) is 5.32 Å². The van der Waals surface area contributed by atoms with Crippen molar-refractivity contribution < 1.29 is 9.59 Å². The number of nitrogens with one attached hydrogen (secondary N) is 1. The first-order chi connectivity index (χ1) is 16.9. The van der Waals surface area contributed by atoms with Crippen molar-refractivity contribution in [3.8, 4) is 0 Å². The van der Waals surface area contributed by atoms with Gasteiger partial charge in [0.05, 0.1) is 12.2 Å². The number of rotatable bonds is 6. The number of anilines is 1. The van der Waals surface area contributed by atoms with Crippen LogP contribution < -0.4 is 10.2 Å². The van der Waals surface area contributed by atoms with Gasteiger partial charge in [0.25, 0.3) is 5.91 Å². The minimum Gasteiger partial charge on any atom is -0.350 e. The molecule has 0 radical (unpaired) electrons. The van der Waals surface area contributed by atoms with Gasteiger partial charge in [0.1, 0.15) is 12.2 Å². The van der Waals surface area contributed by atoms with Gasteiger partial charge < -0.3 is 14.8 Å². The molecule has 0 saturated carbocycles. The van der Waals surface area contributed by atoms with E-state index in [4.69, 9.17) is 23.8 Å². The van der Waals surface area contributed by atoms with Gasteiger partial charge in [-0.1, -0.05) is 35.9 Å². The molecule has 1 fully saturated rings. The Balaban J connectivity index is 1.44. The minimum absolute atomic E-state index is 0.0810. The van der Waals surface area contributed by atoms with E-state index in [0.29, 0.717) is 28.1 Å². The number of amides is 2. The molecule has 5 rings (SSSR count). The zero-order chi connectivity index (χ0) is 24.5. The topological polar surface area (TPSA) is 57.6 Å². The van der Waals surface area contributed by atoms with Gasteiger partial charge in [-0.3, -0.25) is 14.5 Å². The van der Waals surface area contributed by atoms with Crippen molar-refractivity contribution >= 4 is 74.7 Å². The van der Waals surface area contributed by atoms with Crippen molar-refractivity contribution in [3.63, 3.8) is 0 Å². The van der Waals surface area contributed by atoms with Crippen molar-refractivity contribution in [3.05, 3.63) is 93.4 Å². The Bertz CT molecular complexity index is 1460. The lowest BCUT2D eigenvalue weighted by molar-refractivity contribution is -0.121. The normalized spacial score (nSPS) is 15.0. The molecule has 4 aromatic rings. The quantitative estimate of drug-likeness (QED) is 0.278. The number of benzene rings is 2. The Morgan fingerprint density at radius 3 is 2.63 bits per heavy atom. The highest BCUT2D eigenvalue weighted by atomic mass is 35.5.